The Morgan fingerprint density at radius 1 is 0.278 bits per heavy atom. The molecule has 0 saturated heterocycles. The van der Waals surface area contributed by atoms with Crippen molar-refractivity contribution in [1.29, 1.82) is 0 Å². The van der Waals surface area contributed by atoms with Gasteiger partial charge in [0.25, 0.3) is 0 Å². The van der Waals surface area contributed by atoms with Crippen molar-refractivity contribution in [2.45, 2.75) is 12.4 Å². The summed E-state index contributed by atoms with van der Waals surface area (Å²) in [5.41, 5.74) is 2.00. The third-order valence-corrected chi connectivity index (χ3v) is 9.09. The van der Waals surface area contributed by atoms with Crippen molar-refractivity contribution in [2.24, 2.45) is 0 Å². The van der Waals surface area contributed by atoms with Crippen LogP contribution in [0.4, 0.5) is 26.3 Å². The van der Waals surface area contributed by atoms with Crippen LogP contribution in [0.1, 0.15) is 11.1 Å². The second kappa shape index (κ2) is 13.7. The molecule has 0 N–H and O–H groups in total. The predicted octanol–water partition coefficient (Wildman–Crippen LogP) is 13.1. The zero-order valence-electron chi connectivity index (χ0n) is 28.2. The van der Waals surface area contributed by atoms with Gasteiger partial charge in [0.2, 0.25) is 0 Å². The summed E-state index contributed by atoms with van der Waals surface area (Å²) in [6.45, 7) is 0. The van der Waals surface area contributed by atoms with E-state index >= 15 is 0 Å². The van der Waals surface area contributed by atoms with Gasteiger partial charge in [-0.15, -0.1) is 0 Å². The molecule has 264 valence electrons. The molecule has 0 saturated carbocycles. The lowest BCUT2D eigenvalue weighted by atomic mass is 9.93. The Kier molecular flexibility index (Phi) is 8.77. The lowest BCUT2D eigenvalue weighted by Crippen LogP contribution is -2.11. The normalized spacial score (nSPS) is 11.9. The van der Waals surface area contributed by atoms with Crippen molar-refractivity contribution in [2.75, 3.05) is 0 Å². The number of alkyl halides is 6. The van der Waals surface area contributed by atoms with Crippen LogP contribution in [0.2, 0.25) is 0 Å². The van der Waals surface area contributed by atoms with Gasteiger partial charge in [-0.3, -0.25) is 0 Å². The van der Waals surface area contributed by atoms with E-state index in [0.29, 0.717) is 39.5 Å². The number of rotatable bonds is 6. The van der Waals surface area contributed by atoms with Crippen LogP contribution in [0.25, 0.3) is 78.3 Å². The maximum absolute atomic E-state index is 14.0. The lowest BCUT2D eigenvalue weighted by Gasteiger charge is -2.16. The highest BCUT2D eigenvalue weighted by Crippen LogP contribution is 2.41. The monoisotopic (exact) mass is 723 g/mol. The molecule has 0 amide bonds. The van der Waals surface area contributed by atoms with Gasteiger partial charge in [-0.25, -0.2) is 15.0 Å². The molecule has 1 heterocycles. The lowest BCUT2D eigenvalue weighted by molar-refractivity contribution is -0.143. The fourth-order valence-electron chi connectivity index (χ4n) is 6.40. The molecule has 0 aliphatic heterocycles. The van der Waals surface area contributed by atoms with Crippen LogP contribution in [-0.2, 0) is 12.4 Å². The SMILES string of the molecule is FC(F)(F)c1cc(-c2cc(-c3ccccc3)cc(-c3nc(-c4ccccc4)nc(-c4cccc(-c5ccc6ccccc6c5)c4)n3)c2)cc(C(F)(F)F)c1. The molecule has 1 aromatic heterocycles. The van der Waals surface area contributed by atoms with Crippen molar-refractivity contribution in [1.82, 2.24) is 15.0 Å². The van der Waals surface area contributed by atoms with Gasteiger partial charge in [0.1, 0.15) is 0 Å². The second-order valence-electron chi connectivity index (χ2n) is 12.8. The molecule has 8 rings (SSSR count). The second-order valence-corrected chi connectivity index (χ2v) is 12.8. The summed E-state index contributed by atoms with van der Waals surface area (Å²) in [6, 6.07) is 46.8. The fraction of sp³-hybridized carbons (Fsp3) is 0.0444. The minimum atomic E-state index is -5.01. The third kappa shape index (κ3) is 7.21. The molecule has 0 bridgehead atoms. The Morgan fingerprint density at radius 3 is 1.33 bits per heavy atom. The van der Waals surface area contributed by atoms with Gasteiger partial charge in [-0.05, 0) is 92.7 Å². The highest BCUT2D eigenvalue weighted by molar-refractivity contribution is 5.88. The first kappa shape index (κ1) is 34.5. The molecular formula is C45H27F6N3. The zero-order valence-corrected chi connectivity index (χ0v) is 28.2. The highest BCUT2D eigenvalue weighted by Gasteiger charge is 2.37. The molecule has 8 aromatic rings. The van der Waals surface area contributed by atoms with Gasteiger partial charge >= 0.3 is 12.4 Å². The molecule has 7 aromatic carbocycles. The van der Waals surface area contributed by atoms with Crippen LogP contribution in [0.5, 0.6) is 0 Å². The Morgan fingerprint density at radius 2 is 0.704 bits per heavy atom. The summed E-state index contributed by atoms with van der Waals surface area (Å²) in [5, 5.41) is 2.20. The summed E-state index contributed by atoms with van der Waals surface area (Å²) in [7, 11) is 0. The van der Waals surface area contributed by atoms with Gasteiger partial charge in [-0.2, -0.15) is 26.3 Å². The van der Waals surface area contributed by atoms with E-state index in [0.717, 1.165) is 34.0 Å². The first-order valence-corrected chi connectivity index (χ1v) is 16.9. The van der Waals surface area contributed by atoms with E-state index in [4.69, 9.17) is 15.0 Å². The number of benzene rings is 7. The van der Waals surface area contributed by atoms with Gasteiger partial charge in [0.05, 0.1) is 11.1 Å². The first-order chi connectivity index (χ1) is 26.0. The first-order valence-electron chi connectivity index (χ1n) is 16.9. The Hall–Kier alpha value is -6.61. The van der Waals surface area contributed by atoms with Crippen LogP contribution in [0.3, 0.4) is 0 Å². The van der Waals surface area contributed by atoms with Crippen LogP contribution < -0.4 is 0 Å². The average Bonchev–Trinajstić information content (AvgIpc) is 3.20. The van der Waals surface area contributed by atoms with Crippen LogP contribution in [0, 0.1) is 0 Å². The average molecular weight is 724 g/mol. The molecule has 0 unspecified atom stereocenters. The van der Waals surface area contributed by atoms with Gasteiger partial charge < -0.3 is 0 Å². The molecule has 3 nitrogen and oxygen atoms in total. The third-order valence-electron chi connectivity index (χ3n) is 9.09. The summed E-state index contributed by atoms with van der Waals surface area (Å²) < 4.78 is 83.8. The van der Waals surface area contributed by atoms with Crippen LogP contribution in [0.15, 0.2) is 164 Å². The smallest absolute Gasteiger partial charge is 0.208 e. The molecular weight excluding hydrogens is 697 g/mol. The number of fused-ring (bicyclic) bond motifs is 1. The van der Waals surface area contributed by atoms with Crippen molar-refractivity contribution < 1.29 is 26.3 Å². The molecule has 0 spiro atoms. The van der Waals surface area contributed by atoms with Gasteiger partial charge in [-0.1, -0.05) is 115 Å². The molecule has 0 radical (unpaired) electrons. The zero-order chi connectivity index (χ0) is 37.5. The summed E-state index contributed by atoms with van der Waals surface area (Å²) in [6.07, 6.45) is -10.0. The molecule has 0 aliphatic carbocycles. The van der Waals surface area contributed by atoms with Crippen LogP contribution >= 0.6 is 0 Å². The van der Waals surface area contributed by atoms with Crippen molar-refractivity contribution >= 4 is 10.8 Å². The summed E-state index contributed by atoms with van der Waals surface area (Å²) >= 11 is 0. The maximum Gasteiger partial charge on any atom is 0.416 e. The Bertz CT molecular complexity index is 2600. The van der Waals surface area contributed by atoms with E-state index in [9.17, 15) is 26.3 Å². The van der Waals surface area contributed by atoms with E-state index in [2.05, 4.69) is 12.1 Å². The van der Waals surface area contributed by atoms with Crippen molar-refractivity contribution in [3.05, 3.63) is 175 Å². The molecule has 0 fully saturated rings. The fourth-order valence-corrected chi connectivity index (χ4v) is 6.40. The summed E-state index contributed by atoms with van der Waals surface area (Å²) in [4.78, 5) is 14.6. The van der Waals surface area contributed by atoms with E-state index in [1.54, 1.807) is 24.3 Å². The van der Waals surface area contributed by atoms with E-state index in [1.807, 2.05) is 103 Å². The van der Waals surface area contributed by atoms with Gasteiger partial charge in [0, 0.05) is 16.7 Å². The van der Waals surface area contributed by atoms with Crippen molar-refractivity contribution in [3.8, 4) is 67.5 Å². The number of aromatic nitrogens is 3. The number of halogens is 6. The topological polar surface area (TPSA) is 38.7 Å². The quantitative estimate of drug-likeness (QED) is 0.160. The molecule has 0 atom stereocenters. The van der Waals surface area contributed by atoms with E-state index < -0.39 is 23.5 Å². The minimum Gasteiger partial charge on any atom is -0.208 e. The minimum absolute atomic E-state index is 0.127. The molecule has 0 aliphatic rings. The standard InChI is InChI=1S/C45H27F6N3/c46-44(47,48)39-25-37(26-40(27-39)45(49,50)51)36-22-35(28-10-3-1-4-11-28)23-38(24-36)43-53-41(30-13-5-2-6-14-30)52-42(54-43)34-17-9-16-32(21-34)33-19-18-29-12-7-8-15-31(29)20-33/h1-27H. The molecule has 9 heteroatoms. The van der Waals surface area contributed by atoms with Crippen LogP contribution in [-0.4, -0.2) is 15.0 Å². The highest BCUT2D eigenvalue weighted by atomic mass is 19.4. The molecule has 54 heavy (non-hydrogen) atoms. The predicted molar refractivity (Wildman–Crippen MR) is 200 cm³/mol. The van der Waals surface area contributed by atoms with Gasteiger partial charge in [0.15, 0.2) is 17.5 Å². The number of nitrogens with zero attached hydrogens (tertiary/aromatic N) is 3. The maximum atomic E-state index is 14.0. The number of hydrogen-bond donors (Lipinski definition) is 0. The van der Waals surface area contributed by atoms with E-state index in [-0.39, 0.29) is 23.0 Å². The Labute approximate surface area is 306 Å². The van der Waals surface area contributed by atoms with Crippen molar-refractivity contribution in [3.63, 3.8) is 0 Å². The number of hydrogen-bond acceptors (Lipinski definition) is 3. The Balaban J connectivity index is 1.33. The van der Waals surface area contributed by atoms with E-state index in [1.165, 1.54) is 6.07 Å². The summed E-state index contributed by atoms with van der Waals surface area (Å²) in [5.74, 6) is 0.875. The largest absolute Gasteiger partial charge is 0.416 e.